The maximum Gasteiger partial charge on any atom is 0.126 e. The molecule has 0 aromatic heterocycles. The molecule has 0 heterocycles. The van der Waals surface area contributed by atoms with Gasteiger partial charge in [-0.1, -0.05) is 97.0 Å². The first-order valence-electron chi connectivity index (χ1n) is 15.8. The molecule has 3 nitrogen and oxygen atoms in total. The second kappa shape index (κ2) is 13.3. The van der Waals surface area contributed by atoms with Crippen LogP contribution in [0, 0.1) is 18.3 Å². The molecular weight excluding hydrogens is 526 g/mol. The molecule has 0 bridgehead atoms. The summed E-state index contributed by atoms with van der Waals surface area (Å²) in [7, 11) is 0. The molecule has 1 unspecified atom stereocenters. The van der Waals surface area contributed by atoms with E-state index < -0.39 is 0 Å². The summed E-state index contributed by atoms with van der Waals surface area (Å²) in [5.41, 5.74) is 9.76. The maximum atomic E-state index is 10.9. The zero-order chi connectivity index (χ0) is 31.4. The van der Waals surface area contributed by atoms with Crippen molar-refractivity contribution < 1.29 is 10.2 Å². The Balaban J connectivity index is 1.30. The Bertz CT molecular complexity index is 1490. The highest BCUT2D eigenvalue weighted by atomic mass is 16.3. The van der Waals surface area contributed by atoms with Crippen LogP contribution in [-0.4, -0.2) is 10.2 Å². The largest absolute Gasteiger partial charge is 0.507 e. The normalized spacial score (nSPS) is 12.7. The SMILES string of the molecule is Cc1cc(CCc2ccc(Cc3ccc(Nc4ccc(CC(C)CC(C)(C)C)cc4)cc3)cc2)c(O)c(C(C)(C)C)c1O. The molecule has 228 valence electrons. The number of aryl methyl sites for hydroxylation is 3. The molecule has 0 saturated heterocycles. The Morgan fingerprint density at radius 1 is 0.651 bits per heavy atom. The van der Waals surface area contributed by atoms with E-state index in [0.29, 0.717) is 16.9 Å². The van der Waals surface area contributed by atoms with Gasteiger partial charge >= 0.3 is 0 Å². The van der Waals surface area contributed by atoms with E-state index in [9.17, 15) is 10.2 Å². The third kappa shape index (κ3) is 9.13. The Morgan fingerprint density at radius 2 is 1.14 bits per heavy atom. The molecule has 4 aromatic carbocycles. The summed E-state index contributed by atoms with van der Waals surface area (Å²) >= 11 is 0. The summed E-state index contributed by atoms with van der Waals surface area (Å²) in [6.07, 6.45) is 4.79. The molecule has 3 N–H and O–H groups in total. The van der Waals surface area contributed by atoms with Crippen molar-refractivity contribution >= 4 is 11.4 Å². The minimum Gasteiger partial charge on any atom is -0.507 e. The lowest BCUT2D eigenvalue weighted by molar-refractivity contribution is 0.306. The molecule has 0 aliphatic heterocycles. The molecule has 0 radical (unpaired) electrons. The summed E-state index contributed by atoms with van der Waals surface area (Å²) in [5.74, 6) is 1.10. The van der Waals surface area contributed by atoms with Crippen molar-refractivity contribution in [1.29, 1.82) is 0 Å². The lowest BCUT2D eigenvalue weighted by atomic mass is 9.82. The van der Waals surface area contributed by atoms with E-state index in [1.807, 2.05) is 33.8 Å². The van der Waals surface area contributed by atoms with Crippen LogP contribution in [-0.2, 0) is 31.1 Å². The van der Waals surface area contributed by atoms with Gasteiger partial charge in [0, 0.05) is 16.9 Å². The molecule has 0 amide bonds. The van der Waals surface area contributed by atoms with Crippen molar-refractivity contribution in [2.45, 2.75) is 92.9 Å². The molecule has 0 saturated carbocycles. The number of benzene rings is 4. The fraction of sp³-hybridized carbons (Fsp3) is 0.400. The average Bonchev–Trinajstić information content (AvgIpc) is 2.91. The highest BCUT2D eigenvalue weighted by molar-refractivity contribution is 5.60. The minimum atomic E-state index is -0.332. The van der Waals surface area contributed by atoms with Crippen LogP contribution in [0.15, 0.2) is 78.9 Å². The fourth-order valence-corrected chi connectivity index (χ4v) is 6.22. The minimum absolute atomic E-state index is 0.202. The smallest absolute Gasteiger partial charge is 0.126 e. The lowest BCUT2D eigenvalue weighted by Gasteiger charge is -2.24. The van der Waals surface area contributed by atoms with Crippen LogP contribution in [0.1, 0.15) is 93.8 Å². The van der Waals surface area contributed by atoms with E-state index in [0.717, 1.165) is 48.2 Å². The van der Waals surface area contributed by atoms with Crippen LogP contribution in [0.25, 0.3) is 0 Å². The highest BCUT2D eigenvalue weighted by Gasteiger charge is 2.25. The van der Waals surface area contributed by atoms with Crippen molar-refractivity contribution in [2.24, 2.45) is 11.3 Å². The summed E-state index contributed by atoms with van der Waals surface area (Å²) in [6.45, 7) is 17.2. The monoisotopic (exact) mass is 577 g/mol. The maximum absolute atomic E-state index is 10.9. The van der Waals surface area contributed by atoms with Crippen molar-refractivity contribution in [3.8, 4) is 11.5 Å². The van der Waals surface area contributed by atoms with Crippen molar-refractivity contribution in [1.82, 2.24) is 0 Å². The second-order valence-corrected chi connectivity index (χ2v) is 14.8. The Morgan fingerprint density at radius 3 is 1.65 bits per heavy atom. The van der Waals surface area contributed by atoms with E-state index in [-0.39, 0.29) is 16.9 Å². The van der Waals surface area contributed by atoms with Gasteiger partial charge in [-0.2, -0.15) is 0 Å². The molecule has 0 aliphatic carbocycles. The summed E-state index contributed by atoms with van der Waals surface area (Å²) < 4.78 is 0. The molecule has 43 heavy (non-hydrogen) atoms. The number of anilines is 2. The van der Waals surface area contributed by atoms with Gasteiger partial charge in [0.2, 0.25) is 0 Å². The highest BCUT2D eigenvalue weighted by Crippen LogP contribution is 2.42. The number of phenols is 2. The first kappa shape index (κ1) is 32.2. The Labute approximate surface area is 260 Å². The zero-order valence-electron chi connectivity index (χ0n) is 27.5. The standard InChI is InChI=1S/C40H51NO2/c1-27(26-39(3,4)5)23-30-14-19-34(20-15-30)41-35-21-16-32(17-22-35)25-31-11-9-29(10-12-31)13-18-33-24-28(2)37(42)36(38(33)43)40(6,7)8/h9-12,14-17,19-22,24,27,41-43H,13,18,23,25-26H2,1-8H3. The van der Waals surface area contributed by atoms with Gasteiger partial charge in [0.05, 0.1) is 0 Å². The van der Waals surface area contributed by atoms with E-state index in [4.69, 9.17) is 0 Å². The quantitative estimate of drug-likeness (QED) is 0.176. The second-order valence-electron chi connectivity index (χ2n) is 14.8. The first-order chi connectivity index (χ1) is 20.2. The van der Waals surface area contributed by atoms with Gasteiger partial charge in [-0.25, -0.2) is 0 Å². The van der Waals surface area contributed by atoms with Gasteiger partial charge in [-0.15, -0.1) is 0 Å². The molecule has 0 spiro atoms. The van der Waals surface area contributed by atoms with Crippen molar-refractivity contribution in [2.75, 3.05) is 5.32 Å². The first-order valence-corrected chi connectivity index (χ1v) is 15.8. The van der Waals surface area contributed by atoms with Gasteiger partial charge in [-0.3, -0.25) is 0 Å². The van der Waals surface area contributed by atoms with Crippen LogP contribution < -0.4 is 5.32 Å². The van der Waals surface area contributed by atoms with Gasteiger partial charge in [0.25, 0.3) is 0 Å². The summed E-state index contributed by atoms with van der Waals surface area (Å²) in [6, 6.07) is 28.3. The van der Waals surface area contributed by atoms with Gasteiger partial charge < -0.3 is 15.5 Å². The van der Waals surface area contributed by atoms with Crippen LogP contribution in [0.3, 0.4) is 0 Å². The van der Waals surface area contributed by atoms with Crippen LogP contribution in [0.5, 0.6) is 11.5 Å². The number of aromatic hydroxyl groups is 2. The van der Waals surface area contributed by atoms with Crippen molar-refractivity contribution in [3.63, 3.8) is 0 Å². The van der Waals surface area contributed by atoms with Gasteiger partial charge in [0.1, 0.15) is 11.5 Å². The number of hydrogen-bond donors (Lipinski definition) is 3. The fourth-order valence-electron chi connectivity index (χ4n) is 6.22. The summed E-state index contributed by atoms with van der Waals surface area (Å²) in [4.78, 5) is 0. The van der Waals surface area contributed by atoms with E-state index in [1.54, 1.807) is 0 Å². The number of nitrogens with one attached hydrogen (secondary N) is 1. The molecule has 4 rings (SSSR count). The average molecular weight is 578 g/mol. The predicted molar refractivity (Wildman–Crippen MR) is 183 cm³/mol. The topological polar surface area (TPSA) is 52.5 Å². The number of rotatable bonds is 10. The van der Waals surface area contributed by atoms with E-state index >= 15 is 0 Å². The number of hydrogen-bond acceptors (Lipinski definition) is 3. The lowest BCUT2D eigenvalue weighted by Crippen LogP contribution is -2.13. The molecule has 0 fully saturated rings. The van der Waals surface area contributed by atoms with E-state index in [2.05, 4.69) is 106 Å². The predicted octanol–water partition coefficient (Wildman–Crippen LogP) is 10.4. The molecule has 3 heteroatoms. The van der Waals surface area contributed by atoms with Gasteiger partial charge in [0.15, 0.2) is 0 Å². The summed E-state index contributed by atoms with van der Waals surface area (Å²) in [5, 5.41) is 25.0. The van der Waals surface area contributed by atoms with Crippen LogP contribution in [0.4, 0.5) is 11.4 Å². The van der Waals surface area contributed by atoms with Crippen molar-refractivity contribution in [3.05, 3.63) is 118 Å². The van der Waals surface area contributed by atoms with E-state index in [1.165, 1.54) is 28.7 Å². The van der Waals surface area contributed by atoms with Crippen LogP contribution in [0.2, 0.25) is 0 Å². The molecule has 4 aromatic rings. The Kier molecular flexibility index (Phi) is 9.95. The number of phenolic OH excluding ortho intramolecular Hbond substituents is 2. The third-order valence-corrected chi connectivity index (χ3v) is 8.15. The zero-order valence-corrected chi connectivity index (χ0v) is 27.5. The third-order valence-electron chi connectivity index (χ3n) is 8.15. The Hall–Kier alpha value is -3.72. The molecule has 0 aliphatic rings. The van der Waals surface area contributed by atoms with Crippen LogP contribution >= 0.6 is 0 Å². The van der Waals surface area contributed by atoms with Gasteiger partial charge in [-0.05, 0) is 119 Å². The molecule has 1 atom stereocenters. The molecular formula is C40H51NO2.